The Morgan fingerprint density at radius 1 is 0.913 bits per heavy atom. The molecule has 2 heteroatoms. The number of aryl methyl sites for hydroxylation is 1. The number of benzene rings is 2. The molecule has 1 aliphatic carbocycles. The summed E-state index contributed by atoms with van der Waals surface area (Å²) in [6.45, 7) is 2.64. The summed E-state index contributed by atoms with van der Waals surface area (Å²) in [6, 6.07) is 18.8. The van der Waals surface area contributed by atoms with Crippen LogP contribution in [0.2, 0.25) is 0 Å². The van der Waals surface area contributed by atoms with Crippen molar-refractivity contribution in [1.82, 2.24) is 5.32 Å². The van der Waals surface area contributed by atoms with E-state index in [-0.39, 0.29) is 0 Å². The van der Waals surface area contributed by atoms with Crippen molar-refractivity contribution >= 4 is 0 Å². The first-order valence-electron chi connectivity index (χ1n) is 8.77. The number of nitrogens with one attached hydrogen (secondary N) is 1. The highest BCUT2D eigenvalue weighted by atomic mass is 16.3. The Balaban J connectivity index is 1.85. The molecule has 2 aromatic carbocycles. The minimum Gasteiger partial charge on any atom is -0.379 e. The topological polar surface area (TPSA) is 32.3 Å². The van der Waals surface area contributed by atoms with Gasteiger partial charge in [-0.2, -0.15) is 0 Å². The fraction of sp³-hybridized carbons (Fsp3) is 0.429. The van der Waals surface area contributed by atoms with Crippen LogP contribution in [0.3, 0.4) is 0 Å². The van der Waals surface area contributed by atoms with Crippen molar-refractivity contribution < 1.29 is 5.11 Å². The predicted octanol–water partition coefficient (Wildman–Crippen LogP) is 4.15. The molecule has 2 aromatic rings. The molecule has 0 unspecified atom stereocenters. The summed E-state index contributed by atoms with van der Waals surface area (Å²) in [4.78, 5) is 0. The zero-order valence-corrected chi connectivity index (χ0v) is 14.0. The molecule has 1 atom stereocenters. The van der Waals surface area contributed by atoms with Gasteiger partial charge in [0.2, 0.25) is 0 Å². The molecule has 0 bridgehead atoms. The van der Waals surface area contributed by atoms with Crippen molar-refractivity contribution in [3.8, 4) is 0 Å². The molecule has 0 aromatic heterocycles. The molecular weight excluding hydrogens is 282 g/mol. The molecular formula is C21H27NO. The van der Waals surface area contributed by atoms with Gasteiger partial charge in [0.25, 0.3) is 0 Å². The number of aliphatic hydroxyl groups is 1. The van der Waals surface area contributed by atoms with E-state index in [9.17, 15) is 5.11 Å². The first kappa shape index (κ1) is 16.2. The van der Waals surface area contributed by atoms with Crippen molar-refractivity contribution in [3.05, 3.63) is 71.3 Å². The molecule has 2 nitrogen and oxygen atoms in total. The molecule has 0 saturated heterocycles. The van der Waals surface area contributed by atoms with Crippen LogP contribution in [0, 0.1) is 6.92 Å². The van der Waals surface area contributed by atoms with Crippen molar-refractivity contribution in [2.24, 2.45) is 0 Å². The van der Waals surface area contributed by atoms with E-state index in [1.165, 1.54) is 37.7 Å². The van der Waals surface area contributed by atoms with Gasteiger partial charge in [-0.05, 0) is 30.9 Å². The van der Waals surface area contributed by atoms with Crippen molar-refractivity contribution in [3.63, 3.8) is 0 Å². The Morgan fingerprint density at radius 2 is 1.52 bits per heavy atom. The molecule has 0 heterocycles. The third kappa shape index (κ3) is 3.82. The van der Waals surface area contributed by atoms with Gasteiger partial charge in [0.15, 0.2) is 0 Å². The average Bonchev–Trinajstić information content (AvgIpc) is 2.62. The Bertz CT molecular complexity index is 601. The maximum atomic E-state index is 11.5. The van der Waals surface area contributed by atoms with Gasteiger partial charge in [0.05, 0.1) is 0 Å². The van der Waals surface area contributed by atoms with E-state index in [0.717, 1.165) is 11.1 Å². The van der Waals surface area contributed by atoms with Crippen LogP contribution in [0.1, 0.15) is 48.8 Å². The maximum Gasteiger partial charge on any atom is 0.127 e. The van der Waals surface area contributed by atoms with Crippen LogP contribution >= 0.6 is 0 Å². The summed E-state index contributed by atoms with van der Waals surface area (Å²) in [5.74, 6) is 0. The third-order valence-corrected chi connectivity index (χ3v) is 5.03. The Labute approximate surface area is 139 Å². The zero-order valence-electron chi connectivity index (χ0n) is 14.0. The molecule has 23 heavy (non-hydrogen) atoms. The van der Waals surface area contributed by atoms with Crippen LogP contribution in [-0.2, 0) is 5.60 Å². The lowest BCUT2D eigenvalue weighted by Gasteiger charge is -2.33. The number of hydrogen-bond donors (Lipinski definition) is 2. The highest BCUT2D eigenvalue weighted by Crippen LogP contribution is 2.30. The van der Waals surface area contributed by atoms with Crippen LogP contribution in [0.25, 0.3) is 0 Å². The summed E-state index contributed by atoms with van der Waals surface area (Å²) in [6.07, 6.45) is 6.38. The fourth-order valence-electron chi connectivity index (χ4n) is 3.51. The molecule has 0 spiro atoms. The molecule has 122 valence electrons. The van der Waals surface area contributed by atoms with Crippen LogP contribution in [0.15, 0.2) is 54.6 Å². The molecule has 1 aliphatic rings. The van der Waals surface area contributed by atoms with Gasteiger partial charge in [-0.25, -0.2) is 0 Å². The second kappa shape index (κ2) is 7.29. The predicted molar refractivity (Wildman–Crippen MR) is 95.5 cm³/mol. The van der Waals surface area contributed by atoms with E-state index in [4.69, 9.17) is 0 Å². The van der Waals surface area contributed by atoms with Gasteiger partial charge in [0, 0.05) is 12.6 Å². The minimum atomic E-state index is -0.980. The second-order valence-electron chi connectivity index (χ2n) is 6.81. The van der Waals surface area contributed by atoms with Crippen molar-refractivity contribution in [2.75, 3.05) is 6.54 Å². The van der Waals surface area contributed by atoms with Gasteiger partial charge < -0.3 is 10.4 Å². The number of rotatable bonds is 5. The van der Waals surface area contributed by atoms with Crippen LogP contribution in [0.4, 0.5) is 0 Å². The molecule has 1 fully saturated rings. The summed E-state index contributed by atoms with van der Waals surface area (Å²) < 4.78 is 0. The number of hydrogen-bond acceptors (Lipinski definition) is 2. The van der Waals surface area contributed by atoms with Gasteiger partial charge in [0.1, 0.15) is 5.60 Å². The van der Waals surface area contributed by atoms with Gasteiger partial charge >= 0.3 is 0 Å². The van der Waals surface area contributed by atoms with Crippen molar-refractivity contribution in [1.29, 1.82) is 0 Å². The monoisotopic (exact) mass is 309 g/mol. The summed E-state index contributed by atoms with van der Waals surface area (Å²) >= 11 is 0. The Morgan fingerprint density at radius 3 is 2.17 bits per heavy atom. The first-order valence-corrected chi connectivity index (χ1v) is 8.77. The zero-order chi connectivity index (χ0) is 16.1. The van der Waals surface area contributed by atoms with E-state index in [1.54, 1.807) is 0 Å². The summed E-state index contributed by atoms with van der Waals surface area (Å²) in [5, 5.41) is 15.1. The second-order valence-corrected chi connectivity index (χ2v) is 6.81. The summed E-state index contributed by atoms with van der Waals surface area (Å²) in [5.41, 5.74) is 2.14. The highest BCUT2D eigenvalue weighted by Gasteiger charge is 2.32. The Kier molecular flexibility index (Phi) is 5.14. The lowest BCUT2D eigenvalue weighted by molar-refractivity contribution is 0.0746. The summed E-state index contributed by atoms with van der Waals surface area (Å²) in [7, 11) is 0. The van der Waals surface area contributed by atoms with E-state index in [0.29, 0.717) is 12.6 Å². The van der Waals surface area contributed by atoms with Crippen LogP contribution in [-0.4, -0.2) is 17.7 Å². The smallest absolute Gasteiger partial charge is 0.127 e. The molecule has 3 rings (SSSR count). The maximum absolute atomic E-state index is 11.5. The highest BCUT2D eigenvalue weighted by molar-refractivity contribution is 5.37. The van der Waals surface area contributed by atoms with E-state index in [1.807, 2.05) is 42.5 Å². The normalized spacial score (nSPS) is 18.5. The van der Waals surface area contributed by atoms with Gasteiger partial charge in [-0.15, -0.1) is 0 Å². The Hall–Kier alpha value is -1.64. The standard InChI is InChI=1S/C21H27NO/c1-17-12-14-19(15-13-17)21(23,18-8-4-2-5-9-18)16-22-20-10-6-3-7-11-20/h2,4-5,8-9,12-15,20,22-23H,3,6-7,10-11,16H2,1H3/t21-/m0/s1. The molecule has 1 saturated carbocycles. The third-order valence-electron chi connectivity index (χ3n) is 5.03. The van der Waals surface area contributed by atoms with Gasteiger partial charge in [-0.3, -0.25) is 0 Å². The molecule has 0 amide bonds. The lowest BCUT2D eigenvalue weighted by atomic mass is 9.85. The van der Waals surface area contributed by atoms with E-state index < -0.39 is 5.60 Å². The van der Waals surface area contributed by atoms with Crippen LogP contribution in [0.5, 0.6) is 0 Å². The minimum absolute atomic E-state index is 0.532. The molecule has 0 radical (unpaired) electrons. The van der Waals surface area contributed by atoms with E-state index in [2.05, 4.69) is 24.4 Å². The van der Waals surface area contributed by atoms with E-state index >= 15 is 0 Å². The quantitative estimate of drug-likeness (QED) is 0.869. The largest absolute Gasteiger partial charge is 0.379 e. The van der Waals surface area contributed by atoms with Crippen LogP contribution < -0.4 is 5.32 Å². The van der Waals surface area contributed by atoms with Gasteiger partial charge in [-0.1, -0.05) is 79.4 Å². The molecule has 0 aliphatic heterocycles. The SMILES string of the molecule is Cc1ccc([C@](O)(CNC2CCCCC2)c2ccccc2)cc1. The lowest BCUT2D eigenvalue weighted by Crippen LogP contribution is -2.44. The molecule has 2 N–H and O–H groups in total. The average molecular weight is 309 g/mol. The first-order chi connectivity index (χ1) is 11.2. The fourth-order valence-corrected chi connectivity index (χ4v) is 3.51. The van der Waals surface area contributed by atoms with Crippen molar-refractivity contribution in [2.45, 2.75) is 50.7 Å².